The van der Waals surface area contributed by atoms with Crippen LogP contribution in [0.2, 0.25) is 0 Å². The molecular weight excluding hydrogens is 274 g/mol. The third kappa shape index (κ3) is 5.21. The number of piperidine rings is 1. The predicted octanol–water partition coefficient (Wildman–Crippen LogP) is 1.25. The van der Waals surface area contributed by atoms with Gasteiger partial charge in [0.25, 0.3) is 0 Å². The third-order valence-corrected chi connectivity index (χ3v) is 3.76. The quantitative estimate of drug-likeness (QED) is 0.769. The van der Waals surface area contributed by atoms with Gasteiger partial charge in [0, 0.05) is 13.5 Å². The lowest BCUT2D eigenvalue weighted by atomic mass is 9.80. The smallest absolute Gasteiger partial charge is 0.322 e. The zero-order chi connectivity index (χ0) is 16.3. The summed E-state index contributed by atoms with van der Waals surface area (Å²) in [5.41, 5.74) is -0.694. The average molecular weight is 303 g/mol. The lowest BCUT2D eigenvalue weighted by Gasteiger charge is -2.52. The fourth-order valence-corrected chi connectivity index (χ4v) is 3.14. The van der Waals surface area contributed by atoms with Gasteiger partial charge in [-0.3, -0.25) is 4.79 Å². The Morgan fingerprint density at radius 2 is 1.81 bits per heavy atom. The summed E-state index contributed by atoms with van der Waals surface area (Å²) in [5, 5.41) is 20.2. The van der Waals surface area contributed by atoms with Gasteiger partial charge in [0.2, 0.25) is 0 Å². The zero-order valence-corrected chi connectivity index (χ0v) is 13.8. The molecular formula is C15H29NO5. The first kappa shape index (κ1) is 18.4. The molecule has 6 heteroatoms. The molecule has 0 aromatic carbocycles. The van der Waals surface area contributed by atoms with Crippen LogP contribution in [0.15, 0.2) is 0 Å². The second-order valence-corrected chi connectivity index (χ2v) is 7.03. The standard InChI is InChI=1S/C15H29NO5/c1-11(18)21-16-14(2,3)8-13(9-15(16,4)5)20-10-12(19)6-7-17/h12-13,17,19H,6-10H2,1-5H3. The second kappa shape index (κ2) is 7.05. The highest BCUT2D eigenvalue weighted by Gasteiger charge is 2.48. The maximum Gasteiger partial charge on any atom is 0.322 e. The van der Waals surface area contributed by atoms with Gasteiger partial charge in [-0.1, -0.05) is 0 Å². The monoisotopic (exact) mass is 303 g/mol. The number of aliphatic hydroxyl groups is 2. The van der Waals surface area contributed by atoms with Crippen molar-refractivity contribution >= 4 is 5.97 Å². The van der Waals surface area contributed by atoms with Crippen LogP contribution in [-0.4, -0.2) is 57.7 Å². The van der Waals surface area contributed by atoms with Gasteiger partial charge in [0.05, 0.1) is 29.9 Å². The Labute approximate surface area is 127 Å². The Hall–Kier alpha value is -0.690. The van der Waals surface area contributed by atoms with Gasteiger partial charge >= 0.3 is 5.97 Å². The Morgan fingerprint density at radius 1 is 1.29 bits per heavy atom. The van der Waals surface area contributed by atoms with E-state index in [4.69, 9.17) is 14.7 Å². The van der Waals surface area contributed by atoms with Crippen LogP contribution in [0.3, 0.4) is 0 Å². The molecule has 21 heavy (non-hydrogen) atoms. The molecule has 6 nitrogen and oxygen atoms in total. The molecule has 0 radical (unpaired) electrons. The molecule has 1 unspecified atom stereocenters. The average Bonchev–Trinajstić information content (AvgIpc) is 2.31. The van der Waals surface area contributed by atoms with Crippen molar-refractivity contribution in [3.63, 3.8) is 0 Å². The summed E-state index contributed by atoms with van der Waals surface area (Å²) in [6.07, 6.45) is 1.06. The highest BCUT2D eigenvalue weighted by molar-refractivity contribution is 5.65. The highest BCUT2D eigenvalue weighted by Crippen LogP contribution is 2.39. The number of carbonyl (C=O) groups is 1. The SMILES string of the molecule is CC(=O)ON1C(C)(C)CC(OCC(O)CCO)CC1(C)C. The summed E-state index contributed by atoms with van der Waals surface area (Å²) in [4.78, 5) is 16.7. The van der Waals surface area contributed by atoms with E-state index in [1.54, 1.807) is 5.06 Å². The van der Waals surface area contributed by atoms with Crippen LogP contribution in [0.4, 0.5) is 0 Å². The number of aliphatic hydroxyl groups excluding tert-OH is 2. The lowest BCUT2D eigenvalue weighted by molar-refractivity contribution is -0.278. The highest BCUT2D eigenvalue weighted by atomic mass is 16.7. The predicted molar refractivity (Wildman–Crippen MR) is 78.4 cm³/mol. The summed E-state index contributed by atoms with van der Waals surface area (Å²) >= 11 is 0. The number of hydroxylamine groups is 2. The van der Waals surface area contributed by atoms with Gasteiger partial charge in [0.1, 0.15) is 0 Å². The Bertz CT molecular complexity index is 338. The van der Waals surface area contributed by atoms with Crippen LogP contribution in [0.5, 0.6) is 0 Å². The van der Waals surface area contributed by atoms with E-state index in [1.807, 2.05) is 27.7 Å². The van der Waals surface area contributed by atoms with E-state index >= 15 is 0 Å². The topological polar surface area (TPSA) is 79.2 Å². The van der Waals surface area contributed by atoms with Gasteiger partial charge in [-0.15, -0.1) is 5.06 Å². The van der Waals surface area contributed by atoms with Gasteiger partial charge in [-0.25, -0.2) is 0 Å². The molecule has 1 fully saturated rings. The summed E-state index contributed by atoms with van der Waals surface area (Å²) in [7, 11) is 0. The van der Waals surface area contributed by atoms with Gasteiger partial charge < -0.3 is 19.8 Å². The fourth-order valence-electron chi connectivity index (χ4n) is 3.14. The van der Waals surface area contributed by atoms with E-state index < -0.39 is 6.10 Å². The van der Waals surface area contributed by atoms with Crippen molar-refractivity contribution in [2.24, 2.45) is 0 Å². The molecule has 0 saturated carbocycles. The number of hydrogen-bond acceptors (Lipinski definition) is 6. The van der Waals surface area contributed by atoms with Crippen LogP contribution in [0.25, 0.3) is 0 Å². The Morgan fingerprint density at radius 3 is 2.24 bits per heavy atom. The molecule has 124 valence electrons. The van der Waals surface area contributed by atoms with E-state index in [2.05, 4.69) is 0 Å². The summed E-state index contributed by atoms with van der Waals surface area (Å²) in [5.74, 6) is -0.325. The molecule has 0 aromatic heterocycles. The summed E-state index contributed by atoms with van der Waals surface area (Å²) in [6.45, 7) is 9.61. The molecule has 1 saturated heterocycles. The number of hydrogen-bond donors (Lipinski definition) is 2. The number of carbonyl (C=O) groups excluding carboxylic acids is 1. The first-order valence-electron chi connectivity index (χ1n) is 7.48. The van der Waals surface area contributed by atoms with Crippen LogP contribution in [-0.2, 0) is 14.4 Å². The van der Waals surface area contributed by atoms with Crippen LogP contribution in [0.1, 0.15) is 53.9 Å². The number of rotatable bonds is 6. The third-order valence-electron chi connectivity index (χ3n) is 3.76. The second-order valence-electron chi connectivity index (χ2n) is 7.03. The lowest BCUT2D eigenvalue weighted by Crippen LogP contribution is -2.62. The Kier molecular flexibility index (Phi) is 6.16. The van der Waals surface area contributed by atoms with Gasteiger partial charge in [-0.05, 0) is 47.0 Å². The van der Waals surface area contributed by atoms with E-state index in [1.165, 1.54) is 6.92 Å². The largest absolute Gasteiger partial charge is 0.396 e. The first-order valence-corrected chi connectivity index (χ1v) is 7.48. The van der Waals surface area contributed by atoms with E-state index in [0.717, 1.165) is 0 Å². The van der Waals surface area contributed by atoms with E-state index in [9.17, 15) is 9.90 Å². The number of nitrogens with zero attached hydrogens (tertiary/aromatic N) is 1. The molecule has 0 aromatic rings. The molecule has 0 amide bonds. The minimum atomic E-state index is -0.646. The van der Waals surface area contributed by atoms with Crippen LogP contribution < -0.4 is 0 Å². The number of ether oxygens (including phenoxy) is 1. The summed E-state index contributed by atoms with van der Waals surface area (Å²) < 4.78 is 5.79. The minimum absolute atomic E-state index is 0.0184. The van der Waals surface area contributed by atoms with Crippen molar-refractivity contribution in [1.29, 1.82) is 0 Å². The van der Waals surface area contributed by atoms with Crippen molar-refractivity contribution < 1.29 is 24.6 Å². The van der Waals surface area contributed by atoms with Crippen LogP contribution in [0, 0.1) is 0 Å². The normalized spacial score (nSPS) is 23.8. The maximum absolute atomic E-state index is 11.3. The zero-order valence-electron chi connectivity index (χ0n) is 13.8. The summed E-state index contributed by atoms with van der Waals surface area (Å²) in [6, 6.07) is 0. The van der Waals surface area contributed by atoms with E-state index in [-0.39, 0.29) is 36.4 Å². The minimum Gasteiger partial charge on any atom is -0.396 e. The molecule has 1 heterocycles. The van der Waals surface area contributed by atoms with Crippen molar-refractivity contribution in [3.05, 3.63) is 0 Å². The first-order chi connectivity index (χ1) is 9.58. The molecule has 0 bridgehead atoms. The molecule has 1 aliphatic rings. The Balaban J connectivity index is 2.68. The maximum atomic E-state index is 11.3. The van der Waals surface area contributed by atoms with Crippen molar-refractivity contribution in [2.45, 2.75) is 77.2 Å². The van der Waals surface area contributed by atoms with Gasteiger partial charge in [0.15, 0.2) is 0 Å². The van der Waals surface area contributed by atoms with Crippen LogP contribution >= 0.6 is 0 Å². The molecule has 1 rings (SSSR count). The molecule has 1 atom stereocenters. The van der Waals surface area contributed by atoms with Gasteiger partial charge in [-0.2, -0.15) is 0 Å². The van der Waals surface area contributed by atoms with Crippen molar-refractivity contribution in [2.75, 3.05) is 13.2 Å². The molecule has 0 spiro atoms. The van der Waals surface area contributed by atoms with Crippen molar-refractivity contribution in [3.8, 4) is 0 Å². The molecule has 0 aliphatic carbocycles. The molecule has 2 N–H and O–H groups in total. The fraction of sp³-hybridized carbons (Fsp3) is 0.933. The molecule has 1 aliphatic heterocycles. The van der Waals surface area contributed by atoms with E-state index in [0.29, 0.717) is 19.3 Å². The van der Waals surface area contributed by atoms with Crippen molar-refractivity contribution in [1.82, 2.24) is 5.06 Å².